The summed E-state index contributed by atoms with van der Waals surface area (Å²) in [5.41, 5.74) is -1.01. The molecule has 1 aromatic carbocycles. The third-order valence-corrected chi connectivity index (χ3v) is 4.22. The van der Waals surface area contributed by atoms with Crippen molar-refractivity contribution in [1.82, 2.24) is 9.80 Å². The van der Waals surface area contributed by atoms with Crippen LogP contribution in [-0.4, -0.2) is 63.6 Å². The molecule has 150 valence electrons. The molecule has 0 aliphatic carbocycles. The zero-order chi connectivity index (χ0) is 21.2. The van der Waals surface area contributed by atoms with E-state index in [2.05, 4.69) is 0 Å². The van der Waals surface area contributed by atoms with Gasteiger partial charge >= 0.3 is 5.97 Å². The molecule has 0 unspecified atom stereocenters. The third kappa shape index (κ3) is 4.00. The van der Waals surface area contributed by atoms with E-state index in [0.717, 1.165) is 6.07 Å². The Morgan fingerprint density at radius 2 is 1.75 bits per heavy atom. The maximum absolute atomic E-state index is 12.4. The van der Waals surface area contributed by atoms with E-state index < -0.39 is 47.5 Å². The maximum atomic E-state index is 12.4. The van der Waals surface area contributed by atoms with Gasteiger partial charge in [-0.15, -0.1) is 0 Å². The molecular weight excluding hydrogens is 370 g/mol. The Morgan fingerprint density at radius 1 is 1.14 bits per heavy atom. The topological polar surface area (TPSA) is 127 Å². The van der Waals surface area contributed by atoms with Crippen LogP contribution < -0.4 is 0 Å². The molecule has 0 aromatic heterocycles. The summed E-state index contributed by atoms with van der Waals surface area (Å²) < 4.78 is 4.91. The summed E-state index contributed by atoms with van der Waals surface area (Å²) in [5, 5.41) is 11.1. The summed E-state index contributed by atoms with van der Waals surface area (Å²) in [6, 6.07) is 3.48. The van der Waals surface area contributed by atoms with E-state index in [1.54, 1.807) is 4.90 Å². The third-order valence-electron chi connectivity index (χ3n) is 4.22. The van der Waals surface area contributed by atoms with E-state index in [1.165, 1.54) is 12.1 Å². The number of nitro benzene ring substituents is 1. The Hall–Kier alpha value is -3.30. The number of carbonyl (C=O) groups is 4. The quantitative estimate of drug-likeness (QED) is 0.297. The number of esters is 1. The lowest BCUT2D eigenvalue weighted by atomic mass is 10.1. The first-order valence-electron chi connectivity index (χ1n) is 8.66. The van der Waals surface area contributed by atoms with Gasteiger partial charge in [-0.2, -0.15) is 0 Å². The van der Waals surface area contributed by atoms with Crippen molar-refractivity contribution >= 4 is 29.4 Å². The van der Waals surface area contributed by atoms with Gasteiger partial charge in [0.15, 0.2) is 6.61 Å². The van der Waals surface area contributed by atoms with Crippen LogP contribution in [0.2, 0.25) is 0 Å². The molecule has 0 spiro atoms. The minimum absolute atomic E-state index is 0.0945. The Bertz CT molecular complexity index is 840. The van der Waals surface area contributed by atoms with Gasteiger partial charge in [-0.1, -0.05) is 6.07 Å². The maximum Gasteiger partial charge on any atom is 0.326 e. The first-order valence-corrected chi connectivity index (χ1v) is 8.66. The molecule has 0 N–H and O–H groups in total. The number of fused-ring (bicyclic) bond motifs is 1. The van der Waals surface area contributed by atoms with E-state index in [1.807, 2.05) is 27.7 Å². The second kappa shape index (κ2) is 8.15. The Labute approximate surface area is 161 Å². The Kier molecular flexibility index (Phi) is 6.12. The fourth-order valence-electron chi connectivity index (χ4n) is 3.18. The highest BCUT2D eigenvalue weighted by molar-refractivity contribution is 6.24. The fraction of sp³-hybridized carbons (Fsp3) is 0.444. The molecule has 0 atom stereocenters. The SMILES string of the molecule is CC(C)N(C(=O)COC(=O)CN1C(=O)c2cccc([N+](=O)[O-])c2C1=O)C(C)C. The summed E-state index contributed by atoms with van der Waals surface area (Å²) in [6.45, 7) is 6.03. The fourth-order valence-corrected chi connectivity index (χ4v) is 3.18. The molecule has 10 nitrogen and oxygen atoms in total. The van der Waals surface area contributed by atoms with Crippen molar-refractivity contribution in [2.75, 3.05) is 13.2 Å². The predicted molar refractivity (Wildman–Crippen MR) is 96.5 cm³/mol. The van der Waals surface area contributed by atoms with Crippen molar-refractivity contribution in [1.29, 1.82) is 0 Å². The minimum atomic E-state index is -0.960. The largest absolute Gasteiger partial charge is 0.454 e. The molecule has 28 heavy (non-hydrogen) atoms. The Balaban J connectivity index is 2.06. The highest BCUT2D eigenvalue weighted by atomic mass is 16.6. The standard InChI is InChI=1S/C18H21N3O7/c1-10(2)20(11(3)4)14(22)9-28-15(23)8-19-17(24)12-6-5-7-13(21(26)27)16(12)18(19)25/h5-7,10-11H,8-9H2,1-4H3. The van der Waals surface area contributed by atoms with E-state index in [0.29, 0.717) is 4.90 Å². The van der Waals surface area contributed by atoms with E-state index in [-0.39, 0.29) is 23.2 Å². The Morgan fingerprint density at radius 3 is 2.29 bits per heavy atom. The molecule has 0 saturated carbocycles. The number of carbonyl (C=O) groups excluding carboxylic acids is 4. The molecule has 0 saturated heterocycles. The van der Waals surface area contributed by atoms with Gasteiger partial charge < -0.3 is 9.64 Å². The molecule has 1 aliphatic rings. The molecule has 10 heteroatoms. The first kappa shape index (κ1) is 21.0. The van der Waals surface area contributed by atoms with Crippen LogP contribution in [0.1, 0.15) is 48.4 Å². The number of nitro groups is 1. The molecule has 0 bridgehead atoms. The number of benzene rings is 1. The van der Waals surface area contributed by atoms with Crippen molar-refractivity contribution in [3.8, 4) is 0 Å². The highest BCUT2D eigenvalue weighted by Gasteiger charge is 2.42. The van der Waals surface area contributed by atoms with Gasteiger partial charge in [0.05, 0.1) is 10.5 Å². The van der Waals surface area contributed by atoms with Crippen molar-refractivity contribution < 1.29 is 28.8 Å². The van der Waals surface area contributed by atoms with Crippen LogP contribution in [0.15, 0.2) is 18.2 Å². The average Bonchev–Trinajstić information content (AvgIpc) is 2.84. The minimum Gasteiger partial charge on any atom is -0.454 e. The van der Waals surface area contributed by atoms with Gasteiger partial charge in [0.2, 0.25) is 0 Å². The van der Waals surface area contributed by atoms with Gasteiger partial charge in [-0.25, -0.2) is 0 Å². The normalized spacial score (nSPS) is 13.1. The predicted octanol–water partition coefficient (Wildman–Crippen LogP) is 1.38. The number of imide groups is 1. The van der Waals surface area contributed by atoms with Crippen LogP contribution in [0, 0.1) is 10.1 Å². The van der Waals surface area contributed by atoms with Crippen LogP contribution in [0.4, 0.5) is 5.69 Å². The van der Waals surface area contributed by atoms with E-state index >= 15 is 0 Å². The monoisotopic (exact) mass is 391 g/mol. The smallest absolute Gasteiger partial charge is 0.326 e. The van der Waals surface area contributed by atoms with Crippen molar-refractivity contribution in [3.05, 3.63) is 39.4 Å². The molecule has 1 aliphatic heterocycles. The van der Waals surface area contributed by atoms with Gasteiger partial charge in [-0.05, 0) is 33.8 Å². The van der Waals surface area contributed by atoms with Crippen LogP contribution in [0.25, 0.3) is 0 Å². The lowest BCUT2D eigenvalue weighted by Gasteiger charge is -2.30. The average molecular weight is 391 g/mol. The van der Waals surface area contributed by atoms with Gasteiger partial charge in [0, 0.05) is 18.2 Å². The lowest BCUT2D eigenvalue weighted by molar-refractivity contribution is -0.385. The molecule has 3 amide bonds. The van der Waals surface area contributed by atoms with Crippen LogP contribution in [0.5, 0.6) is 0 Å². The number of amides is 3. The van der Waals surface area contributed by atoms with Crippen LogP contribution >= 0.6 is 0 Å². The molecular formula is C18H21N3O7. The van der Waals surface area contributed by atoms with E-state index in [4.69, 9.17) is 4.74 Å². The summed E-state index contributed by atoms with van der Waals surface area (Å²) in [5.74, 6) is -3.13. The number of nitrogens with zero attached hydrogens (tertiary/aromatic N) is 3. The van der Waals surface area contributed by atoms with Crippen molar-refractivity contribution in [3.63, 3.8) is 0 Å². The van der Waals surface area contributed by atoms with Gasteiger partial charge in [-0.3, -0.25) is 34.2 Å². The number of rotatable bonds is 7. The second-order valence-electron chi connectivity index (χ2n) is 6.80. The lowest BCUT2D eigenvalue weighted by Crippen LogP contribution is -2.44. The van der Waals surface area contributed by atoms with Crippen LogP contribution in [-0.2, 0) is 14.3 Å². The number of hydrogen-bond acceptors (Lipinski definition) is 7. The van der Waals surface area contributed by atoms with Crippen molar-refractivity contribution in [2.45, 2.75) is 39.8 Å². The molecule has 2 rings (SSSR count). The van der Waals surface area contributed by atoms with Crippen molar-refractivity contribution in [2.24, 2.45) is 0 Å². The zero-order valence-corrected chi connectivity index (χ0v) is 16.0. The summed E-state index contributed by atoms with van der Waals surface area (Å²) >= 11 is 0. The first-order chi connectivity index (χ1) is 13.1. The highest BCUT2D eigenvalue weighted by Crippen LogP contribution is 2.30. The molecule has 0 radical (unpaired) electrons. The molecule has 1 aromatic rings. The summed E-state index contributed by atoms with van der Waals surface area (Å²) in [7, 11) is 0. The zero-order valence-electron chi connectivity index (χ0n) is 16.0. The number of ether oxygens (including phenoxy) is 1. The van der Waals surface area contributed by atoms with E-state index in [9.17, 15) is 29.3 Å². The summed E-state index contributed by atoms with van der Waals surface area (Å²) in [4.78, 5) is 61.5. The van der Waals surface area contributed by atoms with Gasteiger partial charge in [0.1, 0.15) is 12.1 Å². The second-order valence-corrected chi connectivity index (χ2v) is 6.80. The molecule has 0 fully saturated rings. The molecule has 1 heterocycles. The number of hydrogen-bond donors (Lipinski definition) is 0. The van der Waals surface area contributed by atoms with Crippen LogP contribution in [0.3, 0.4) is 0 Å². The van der Waals surface area contributed by atoms with Gasteiger partial charge in [0.25, 0.3) is 23.4 Å². The summed E-state index contributed by atoms with van der Waals surface area (Å²) in [6.07, 6.45) is 0.